The van der Waals surface area contributed by atoms with Crippen LogP contribution in [0.15, 0.2) is 71.8 Å². The van der Waals surface area contributed by atoms with E-state index in [0.29, 0.717) is 12.1 Å². The molecule has 2 bridgehead atoms. The molecule has 0 amide bonds. The number of nitrogens with zero attached hydrogens (tertiary/aromatic N) is 3. The number of ether oxygens (including phenoxy) is 1. The number of methoxy groups -OCH3 is 1. The number of fused-ring (bicyclic) bond motifs is 4. The van der Waals surface area contributed by atoms with Gasteiger partial charge in [0.05, 0.1) is 19.1 Å². The third-order valence-electron chi connectivity index (χ3n) is 7.14. The van der Waals surface area contributed by atoms with Gasteiger partial charge in [-0.25, -0.2) is 0 Å². The van der Waals surface area contributed by atoms with E-state index in [1.54, 1.807) is 17.0 Å². The number of hydrogen-bond donors (Lipinski definition) is 1. The van der Waals surface area contributed by atoms with Crippen LogP contribution < -0.4 is 5.56 Å². The minimum atomic E-state index is -0.527. The van der Waals surface area contributed by atoms with Gasteiger partial charge in [0.2, 0.25) is 0 Å². The standard InChI is InChI=1S/C26H27N3O4/c1-33-26(32)23-20(16-30)22-15-29-21(8-7-19(25(29)31)18-9-12-27-13-10-18)24(23)28(22)14-11-17-5-3-2-4-6-17/h2-10,12-13,20,22-24,30H,11,14-16H2,1H3/t20-,22-,23+,24+/m0/s1. The number of aliphatic hydroxyl groups is 1. The fourth-order valence-electron chi connectivity index (χ4n) is 5.59. The van der Waals surface area contributed by atoms with Crippen LogP contribution in [0.5, 0.6) is 0 Å². The molecule has 1 saturated heterocycles. The molecule has 7 nitrogen and oxygen atoms in total. The molecule has 0 aliphatic carbocycles. The Bertz CT molecular complexity index is 1200. The molecule has 0 radical (unpaired) electrons. The highest BCUT2D eigenvalue weighted by molar-refractivity contribution is 5.75. The maximum absolute atomic E-state index is 13.5. The lowest BCUT2D eigenvalue weighted by molar-refractivity contribution is -0.148. The number of hydrogen-bond acceptors (Lipinski definition) is 6. The Morgan fingerprint density at radius 3 is 2.58 bits per heavy atom. The van der Waals surface area contributed by atoms with Crippen molar-refractivity contribution in [3.8, 4) is 11.1 Å². The minimum absolute atomic E-state index is 0.0846. The van der Waals surface area contributed by atoms with Gasteiger partial charge in [-0.1, -0.05) is 30.3 Å². The van der Waals surface area contributed by atoms with Crippen LogP contribution in [0.25, 0.3) is 11.1 Å². The second kappa shape index (κ2) is 8.92. The first kappa shape index (κ1) is 21.6. The van der Waals surface area contributed by atoms with Crippen LogP contribution in [-0.2, 0) is 22.5 Å². The highest BCUT2D eigenvalue weighted by atomic mass is 16.5. The zero-order valence-corrected chi connectivity index (χ0v) is 18.5. The van der Waals surface area contributed by atoms with E-state index in [1.807, 2.05) is 42.5 Å². The molecule has 2 aliphatic heterocycles. The van der Waals surface area contributed by atoms with Gasteiger partial charge >= 0.3 is 5.97 Å². The van der Waals surface area contributed by atoms with Crippen molar-refractivity contribution in [1.29, 1.82) is 0 Å². The molecule has 1 N–H and O–H groups in total. The molecule has 0 unspecified atom stereocenters. The minimum Gasteiger partial charge on any atom is -0.469 e. The first-order valence-corrected chi connectivity index (χ1v) is 11.3. The molecule has 2 aliphatic rings. The molecular weight excluding hydrogens is 418 g/mol. The zero-order chi connectivity index (χ0) is 22.9. The maximum Gasteiger partial charge on any atom is 0.311 e. The van der Waals surface area contributed by atoms with E-state index in [9.17, 15) is 14.7 Å². The monoisotopic (exact) mass is 445 g/mol. The van der Waals surface area contributed by atoms with Crippen LogP contribution in [0.3, 0.4) is 0 Å². The highest BCUT2D eigenvalue weighted by Crippen LogP contribution is 2.48. The average molecular weight is 446 g/mol. The van der Waals surface area contributed by atoms with Crippen LogP contribution in [0.1, 0.15) is 17.3 Å². The van der Waals surface area contributed by atoms with Crippen molar-refractivity contribution in [1.82, 2.24) is 14.5 Å². The molecule has 1 aromatic carbocycles. The number of benzene rings is 1. The quantitative estimate of drug-likeness (QED) is 0.586. The summed E-state index contributed by atoms with van der Waals surface area (Å²) < 4.78 is 6.94. The van der Waals surface area contributed by atoms with Crippen molar-refractivity contribution >= 4 is 5.97 Å². The summed E-state index contributed by atoms with van der Waals surface area (Å²) in [6, 6.07) is 17.2. The molecule has 170 valence electrons. The number of aliphatic hydroxyl groups excluding tert-OH is 1. The summed E-state index contributed by atoms with van der Waals surface area (Å²) in [6.45, 7) is 1.02. The van der Waals surface area contributed by atoms with Crippen LogP contribution in [0, 0.1) is 11.8 Å². The largest absolute Gasteiger partial charge is 0.469 e. The molecular formula is C26H27N3O4. The van der Waals surface area contributed by atoms with Crippen molar-refractivity contribution in [2.24, 2.45) is 11.8 Å². The van der Waals surface area contributed by atoms with E-state index >= 15 is 0 Å². The van der Waals surface area contributed by atoms with Crippen molar-refractivity contribution < 1.29 is 14.6 Å². The smallest absolute Gasteiger partial charge is 0.311 e. The van der Waals surface area contributed by atoms with Crippen LogP contribution in [0.2, 0.25) is 0 Å². The Kier molecular flexibility index (Phi) is 5.83. The summed E-state index contributed by atoms with van der Waals surface area (Å²) in [5, 5.41) is 10.3. The molecule has 3 aromatic rings. The summed E-state index contributed by atoms with van der Waals surface area (Å²) in [7, 11) is 1.38. The van der Waals surface area contributed by atoms with E-state index in [-0.39, 0.29) is 36.1 Å². The normalized spacial score (nSPS) is 23.8. The number of esters is 1. The van der Waals surface area contributed by atoms with Gasteiger partial charge in [0.25, 0.3) is 5.56 Å². The second-order valence-corrected chi connectivity index (χ2v) is 8.70. The predicted molar refractivity (Wildman–Crippen MR) is 123 cm³/mol. The van der Waals surface area contributed by atoms with E-state index < -0.39 is 5.92 Å². The molecule has 4 heterocycles. The molecule has 0 spiro atoms. The van der Waals surface area contributed by atoms with Crippen molar-refractivity contribution in [2.75, 3.05) is 20.3 Å². The van der Waals surface area contributed by atoms with Crippen molar-refractivity contribution in [3.63, 3.8) is 0 Å². The van der Waals surface area contributed by atoms with Crippen LogP contribution >= 0.6 is 0 Å². The Hall–Kier alpha value is -3.29. The van der Waals surface area contributed by atoms with E-state index in [1.165, 1.54) is 12.7 Å². The summed E-state index contributed by atoms with van der Waals surface area (Å²) >= 11 is 0. The summed E-state index contributed by atoms with van der Waals surface area (Å²) in [5.74, 6) is -1.17. The lowest BCUT2D eigenvalue weighted by Gasteiger charge is -2.38. The molecule has 33 heavy (non-hydrogen) atoms. The van der Waals surface area contributed by atoms with Gasteiger partial charge in [-0.3, -0.25) is 19.5 Å². The Balaban J connectivity index is 1.57. The lowest BCUT2D eigenvalue weighted by Crippen LogP contribution is -2.47. The summed E-state index contributed by atoms with van der Waals surface area (Å²) in [5.41, 5.74) is 3.34. The van der Waals surface area contributed by atoms with Gasteiger partial charge in [-0.05, 0) is 41.8 Å². The van der Waals surface area contributed by atoms with E-state index in [2.05, 4.69) is 22.0 Å². The van der Waals surface area contributed by atoms with Gasteiger partial charge in [0.15, 0.2) is 0 Å². The van der Waals surface area contributed by atoms with Crippen molar-refractivity contribution in [3.05, 3.63) is 88.6 Å². The van der Waals surface area contributed by atoms with Crippen molar-refractivity contribution in [2.45, 2.75) is 25.0 Å². The fraction of sp³-hybridized carbons (Fsp3) is 0.346. The summed E-state index contributed by atoms with van der Waals surface area (Å²) in [4.78, 5) is 32.7. The summed E-state index contributed by atoms with van der Waals surface area (Å²) in [6.07, 6.45) is 4.16. The first-order valence-electron chi connectivity index (χ1n) is 11.3. The maximum atomic E-state index is 13.5. The molecule has 2 aromatic heterocycles. The highest BCUT2D eigenvalue weighted by Gasteiger charge is 2.56. The van der Waals surface area contributed by atoms with E-state index in [4.69, 9.17) is 4.74 Å². The third kappa shape index (κ3) is 3.67. The second-order valence-electron chi connectivity index (χ2n) is 8.70. The van der Waals surface area contributed by atoms with Gasteiger partial charge in [-0.2, -0.15) is 0 Å². The third-order valence-corrected chi connectivity index (χ3v) is 7.14. The number of aromatic nitrogens is 2. The first-order chi connectivity index (χ1) is 16.1. The number of rotatable bonds is 6. The Morgan fingerprint density at radius 2 is 1.88 bits per heavy atom. The topological polar surface area (TPSA) is 84.7 Å². The fourth-order valence-corrected chi connectivity index (χ4v) is 5.59. The van der Waals surface area contributed by atoms with Gasteiger partial charge in [-0.15, -0.1) is 0 Å². The van der Waals surface area contributed by atoms with Gasteiger partial charge in [0, 0.05) is 55.3 Å². The molecule has 4 atom stereocenters. The van der Waals surface area contributed by atoms with Gasteiger partial charge in [0.1, 0.15) is 0 Å². The predicted octanol–water partition coefficient (Wildman–Crippen LogP) is 2.29. The van der Waals surface area contributed by atoms with Crippen LogP contribution in [-0.4, -0.2) is 51.8 Å². The van der Waals surface area contributed by atoms with Gasteiger partial charge < -0.3 is 14.4 Å². The number of pyridine rings is 2. The number of carbonyl (C=O) groups excluding carboxylic acids is 1. The molecule has 1 fully saturated rings. The zero-order valence-electron chi connectivity index (χ0n) is 18.5. The average Bonchev–Trinajstić information content (AvgIpc) is 3.08. The molecule has 5 rings (SSSR count). The molecule has 7 heteroatoms. The Labute approximate surface area is 192 Å². The number of carbonyl (C=O) groups is 1. The Morgan fingerprint density at radius 1 is 1.12 bits per heavy atom. The lowest BCUT2D eigenvalue weighted by atomic mass is 9.87. The van der Waals surface area contributed by atoms with Crippen LogP contribution in [0.4, 0.5) is 0 Å². The molecule has 0 saturated carbocycles. The SMILES string of the molecule is COC(=O)[C@@H]1[C@@H](CO)[C@@H]2Cn3c(ccc(-c4ccncc4)c3=O)[C@H]1N2CCc1ccccc1. The van der Waals surface area contributed by atoms with E-state index in [0.717, 1.165) is 24.2 Å².